The van der Waals surface area contributed by atoms with Crippen LogP contribution in [0.5, 0.6) is 0 Å². The Hall–Kier alpha value is -1.39. The molecule has 0 bridgehead atoms. The van der Waals surface area contributed by atoms with Gasteiger partial charge in [-0.1, -0.05) is 46.3 Å². The lowest BCUT2D eigenvalue weighted by Gasteiger charge is -2.17. The van der Waals surface area contributed by atoms with E-state index in [2.05, 4.69) is 45.6 Å². The average molecular weight is 335 g/mol. The number of para-hydroxylation sites is 1. The largest absolute Gasteiger partial charge is 0.356 e. The quantitative estimate of drug-likeness (QED) is 0.808. The Kier molecular flexibility index (Phi) is 4.93. The van der Waals surface area contributed by atoms with Crippen molar-refractivity contribution in [1.82, 2.24) is 5.32 Å². The van der Waals surface area contributed by atoms with Crippen LogP contribution in [0.25, 0.3) is 0 Å². The molecule has 0 aliphatic heterocycles. The van der Waals surface area contributed by atoms with Crippen LogP contribution in [0.3, 0.4) is 0 Å². The van der Waals surface area contributed by atoms with Crippen LogP contribution in [-0.2, 0) is 0 Å². The minimum Gasteiger partial charge on any atom is -0.356 e. The van der Waals surface area contributed by atoms with Gasteiger partial charge in [-0.15, -0.1) is 0 Å². The molecule has 4 heteroatoms. The zero-order valence-electron chi connectivity index (χ0n) is 10.6. The summed E-state index contributed by atoms with van der Waals surface area (Å²) >= 11 is 8.74. The summed E-state index contributed by atoms with van der Waals surface area (Å²) in [4.78, 5) is 0. The molecule has 2 nitrogen and oxygen atoms in total. The lowest BCUT2D eigenvalue weighted by molar-refractivity contribution is 0.722. The molecular formula is C15H15BrN2S. The highest BCUT2D eigenvalue weighted by Gasteiger charge is 2.06. The summed E-state index contributed by atoms with van der Waals surface area (Å²) in [7, 11) is 0. The van der Waals surface area contributed by atoms with Gasteiger partial charge >= 0.3 is 0 Å². The summed E-state index contributed by atoms with van der Waals surface area (Å²) in [5.74, 6) is 0. The smallest absolute Gasteiger partial charge is 0.171 e. The first-order valence-electron chi connectivity index (χ1n) is 6.03. The van der Waals surface area contributed by atoms with E-state index in [-0.39, 0.29) is 6.04 Å². The van der Waals surface area contributed by atoms with Crippen LogP contribution in [0.1, 0.15) is 18.5 Å². The predicted molar refractivity (Wildman–Crippen MR) is 88.4 cm³/mol. The van der Waals surface area contributed by atoms with Crippen LogP contribution in [-0.4, -0.2) is 5.11 Å². The molecule has 0 amide bonds. The summed E-state index contributed by atoms with van der Waals surface area (Å²) in [6, 6.07) is 18.3. The van der Waals surface area contributed by atoms with Crippen molar-refractivity contribution in [2.45, 2.75) is 13.0 Å². The van der Waals surface area contributed by atoms with Gasteiger partial charge in [0.15, 0.2) is 5.11 Å². The number of thiocarbonyl (C=S) groups is 1. The lowest BCUT2D eigenvalue weighted by Crippen LogP contribution is -2.30. The Morgan fingerprint density at radius 2 is 1.68 bits per heavy atom. The van der Waals surface area contributed by atoms with Gasteiger partial charge in [0.1, 0.15) is 0 Å². The third kappa shape index (κ3) is 4.33. The van der Waals surface area contributed by atoms with Gasteiger partial charge in [-0.2, -0.15) is 0 Å². The molecule has 2 aromatic carbocycles. The van der Waals surface area contributed by atoms with Crippen molar-refractivity contribution in [2.75, 3.05) is 5.32 Å². The number of nitrogens with one attached hydrogen (secondary N) is 2. The Morgan fingerprint density at radius 1 is 1.05 bits per heavy atom. The molecule has 2 N–H and O–H groups in total. The molecular weight excluding hydrogens is 320 g/mol. The number of hydrogen-bond donors (Lipinski definition) is 2. The van der Waals surface area contributed by atoms with Gasteiger partial charge in [-0.05, 0) is 49.0 Å². The summed E-state index contributed by atoms with van der Waals surface area (Å²) in [6.07, 6.45) is 0. The van der Waals surface area contributed by atoms with Crippen molar-refractivity contribution in [3.8, 4) is 0 Å². The van der Waals surface area contributed by atoms with Crippen molar-refractivity contribution >= 4 is 38.9 Å². The lowest BCUT2D eigenvalue weighted by atomic mass is 10.1. The topological polar surface area (TPSA) is 24.1 Å². The van der Waals surface area contributed by atoms with E-state index in [9.17, 15) is 0 Å². The van der Waals surface area contributed by atoms with E-state index < -0.39 is 0 Å². The van der Waals surface area contributed by atoms with Crippen molar-refractivity contribution < 1.29 is 0 Å². The number of rotatable bonds is 3. The van der Waals surface area contributed by atoms with Crippen LogP contribution in [0.4, 0.5) is 5.69 Å². The number of anilines is 1. The van der Waals surface area contributed by atoms with Gasteiger partial charge in [-0.25, -0.2) is 0 Å². The Balaban J connectivity index is 1.93. The highest BCUT2D eigenvalue weighted by molar-refractivity contribution is 9.10. The molecule has 0 spiro atoms. The summed E-state index contributed by atoms with van der Waals surface area (Å²) in [6.45, 7) is 2.09. The zero-order valence-corrected chi connectivity index (χ0v) is 13.0. The second kappa shape index (κ2) is 6.68. The maximum absolute atomic E-state index is 5.31. The van der Waals surface area contributed by atoms with Gasteiger partial charge in [0.05, 0.1) is 6.04 Å². The van der Waals surface area contributed by atoms with Gasteiger partial charge in [-0.3, -0.25) is 0 Å². The van der Waals surface area contributed by atoms with E-state index in [1.54, 1.807) is 0 Å². The molecule has 0 heterocycles. The van der Waals surface area contributed by atoms with Crippen LogP contribution in [0.15, 0.2) is 59.1 Å². The van der Waals surface area contributed by atoms with E-state index in [1.807, 2.05) is 42.5 Å². The maximum atomic E-state index is 5.31. The van der Waals surface area contributed by atoms with E-state index in [0.717, 1.165) is 10.2 Å². The highest BCUT2D eigenvalue weighted by Crippen LogP contribution is 2.16. The molecule has 1 atom stereocenters. The molecule has 98 valence electrons. The maximum Gasteiger partial charge on any atom is 0.171 e. The molecule has 0 aliphatic carbocycles. The summed E-state index contributed by atoms with van der Waals surface area (Å²) in [5, 5.41) is 7.06. The molecule has 19 heavy (non-hydrogen) atoms. The molecule has 0 saturated carbocycles. The van der Waals surface area contributed by atoms with Gasteiger partial charge in [0.2, 0.25) is 0 Å². The molecule has 0 aliphatic rings. The monoisotopic (exact) mass is 334 g/mol. The van der Waals surface area contributed by atoms with E-state index in [0.29, 0.717) is 5.11 Å². The molecule has 0 aromatic heterocycles. The standard InChI is InChI=1S/C15H15BrN2S/c1-11(12-7-9-13(16)10-8-12)17-15(19)18-14-5-3-2-4-6-14/h2-11H,1H3,(H2,17,18,19). The Morgan fingerprint density at radius 3 is 2.32 bits per heavy atom. The fraction of sp³-hybridized carbons (Fsp3) is 0.133. The normalized spacial score (nSPS) is 11.7. The molecule has 0 fully saturated rings. The molecule has 0 radical (unpaired) electrons. The third-order valence-corrected chi connectivity index (χ3v) is 3.50. The highest BCUT2D eigenvalue weighted by atomic mass is 79.9. The van der Waals surface area contributed by atoms with Crippen LogP contribution < -0.4 is 10.6 Å². The first-order valence-corrected chi connectivity index (χ1v) is 7.23. The predicted octanol–water partition coefficient (Wildman–Crippen LogP) is 4.50. The van der Waals surface area contributed by atoms with Crippen molar-refractivity contribution in [1.29, 1.82) is 0 Å². The minimum atomic E-state index is 0.164. The molecule has 2 rings (SSSR count). The van der Waals surface area contributed by atoms with Gasteiger partial charge < -0.3 is 10.6 Å². The second-order valence-electron chi connectivity index (χ2n) is 4.24. The first kappa shape index (κ1) is 14.0. The van der Waals surface area contributed by atoms with Crippen LogP contribution >= 0.6 is 28.1 Å². The van der Waals surface area contributed by atoms with Crippen LogP contribution in [0, 0.1) is 0 Å². The molecule has 0 saturated heterocycles. The summed E-state index contributed by atoms with van der Waals surface area (Å²) < 4.78 is 1.08. The number of benzene rings is 2. The van der Waals surface area contributed by atoms with E-state index in [4.69, 9.17) is 12.2 Å². The number of halogens is 1. The third-order valence-electron chi connectivity index (χ3n) is 2.75. The van der Waals surface area contributed by atoms with Crippen molar-refractivity contribution in [3.05, 3.63) is 64.6 Å². The van der Waals surface area contributed by atoms with E-state index in [1.165, 1.54) is 5.56 Å². The zero-order chi connectivity index (χ0) is 13.7. The summed E-state index contributed by atoms with van der Waals surface area (Å²) in [5.41, 5.74) is 2.18. The van der Waals surface area contributed by atoms with Gasteiger partial charge in [0.25, 0.3) is 0 Å². The first-order chi connectivity index (χ1) is 9.15. The van der Waals surface area contributed by atoms with E-state index >= 15 is 0 Å². The SMILES string of the molecule is CC(NC(=S)Nc1ccccc1)c1ccc(Br)cc1. The minimum absolute atomic E-state index is 0.164. The van der Waals surface area contributed by atoms with Crippen molar-refractivity contribution in [2.24, 2.45) is 0 Å². The Labute approximate surface area is 127 Å². The second-order valence-corrected chi connectivity index (χ2v) is 5.56. The molecule has 2 aromatic rings. The van der Waals surface area contributed by atoms with Crippen LogP contribution in [0.2, 0.25) is 0 Å². The Bertz CT molecular complexity index is 540. The number of hydrogen-bond acceptors (Lipinski definition) is 1. The molecule has 1 unspecified atom stereocenters. The fourth-order valence-corrected chi connectivity index (χ4v) is 2.28. The average Bonchev–Trinajstić information content (AvgIpc) is 2.40. The van der Waals surface area contributed by atoms with Crippen molar-refractivity contribution in [3.63, 3.8) is 0 Å². The van der Waals surface area contributed by atoms with Gasteiger partial charge in [0, 0.05) is 10.2 Å². The fourth-order valence-electron chi connectivity index (χ4n) is 1.72.